The molecule has 0 fully saturated rings. The van der Waals surface area contributed by atoms with E-state index in [-0.39, 0.29) is 5.69 Å². The van der Waals surface area contributed by atoms with Gasteiger partial charge in [-0.1, -0.05) is 48.9 Å². The third kappa shape index (κ3) is 3.23. The fraction of sp³-hybridized carbons (Fsp3) is 0.400. The van der Waals surface area contributed by atoms with Gasteiger partial charge in [0.15, 0.2) is 5.69 Å². The monoisotopic (exact) mass is 273 g/mol. The van der Waals surface area contributed by atoms with Gasteiger partial charge >= 0.3 is 5.97 Å². The van der Waals surface area contributed by atoms with Gasteiger partial charge in [0, 0.05) is 0 Å². The lowest BCUT2D eigenvalue weighted by Crippen LogP contribution is -2.11. The quantitative estimate of drug-likeness (QED) is 0.909. The Bertz CT molecular complexity index is 600. The van der Waals surface area contributed by atoms with Crippen molar-refractivity contribution in [2.24, 2.45) is 5.92 Å². The molecule has 0 saturated heterocycles. The summed E-state index contributed by atoms with van der Waals surface area (Å²) in [7, 11) is 0. The molecule has 1 N–H and O–H groups in total. The highest BCUT2D eigenvalue weighted by Crippen LogP contribution is 2.14. The highest BCUT2D eigenvalue weighted by molar-refractivity contribution is 5.86. The number of aryl methyl sites for hydroxylation is 1. The van der Waals surface area contributed by atoms with Gasteiger partial charge in [0.1, 0.15) is 0 Å². The van der Waals surface area contributed by atoms with E-state index in [0.717, 1.165) is 5.56 Å². The largest absolute Gasteiger partial charge is 0.476 e. The molecule has 5 nitrogen and oxygen atoms in total. The van der Waals surface area contributed by atoms with Crippen LogP contribution in [0.15, 0.2) is 24.3 Å². The summed E-state index contributed by atoms with van der Waals surface area (Å²) in [5.41, 5.74) is 3.03. The lowest BCUT2D eigenvalue weighted by molar-refractivity contribution is 0.0689. The summed E-state index contributed by atoms with van der Waals surface area (Å²) < 4.78 is 1.69. The molecule has 0 unspecified atom stereocenters. The molecule has 0 aliphatic rings. The van der Waals surface area contributed by atoms with Crippen LogP contribution in [0.5, 0.6) is 0 Å². The van der Waals surface area contributed by atoms with Crippen molar-refractivity contribution in [3.8, 4) is 0 Å². The summed E-state index contributed by atoms with van der Waals surface area (Å²) in [6.07, 6.45) is 0.653. The standard InChI is InChI=1S/C15H19N3O2/c1-10(2)8-13-14(15(19)20)16-17-18(13)9-12-6-4-11(3)5-7-12/h4-7,10H,8-9H2,1-3H3,(H,19,20). The van der Waals surface area contributed by atoms with Crippen molar-refractivity contribution in [2.75, 3.05) is 0 Å². The first-order valence-electron chi connectivity index (χ1n) is 6.68. The van der Waals surface area contributed by atoms with Crippen LogP contribution in [0.2, 0.25) is 0 Å². The van der Waals surface area contributed by atoms with Crippen molar-refractivity contribution < 1.29 is 9.90 Å². The lowest BCUT2D eigenvalue weighted by Gasteiger charge is -2.09. The minimum Gasteiger partial charge on any atom is -0.476 e. The van der Waals surface area contributed by atoms with E-state index in [2.05, 4.69) is 24.2 Å². The summed E-state index contributed by atoms with van der Waals surface area (Å²) in [4.78, 5) is 11.2. The van der Waals surface area contributed by atoms with Crippen LogP contribution >= 0.6 is 0 Å². The van der Waals surface area contributed by atoms with E-state index >= 15 is 0 Å². The number of hydrogen-bond acceptors (Lipinski definition) is 3. The molecule has 0 aliphatic heterocycles. The van der Waals surface area contributed by atoms with Crippen molar-refractivity contribution in [1.29, 1.82) is 0 Å². The van der Waals surface area contributed by atoms with Crippen molar-refractivity contribution in [3.63, 3.8) is 0 Å². The highest BCUT2D eigenvalue weighted by Gasteiger charge is 2.19. The average Bonchev–Trinajstić information content (AvgIpc) is 2.75. The molecule has 20 heavy (non-hydrogen) atoms. The molecule has 1 aromatic heterocycles. The zero-order valence-corrected chi connectivity index (χ0v) is 12.0. The van der Waals surface area contributed by atoms with E-state index < -0.39 is 5.97 Å². The molecule has 0 spiro atoms. The Morgan fingerprint density at radius 2 is 1.95 bits per heavy atom. The predicted octanol–water partition coefficient (Wildman–Crippen LogP) is 2.53. The van der Waals surface area contributed by atoms with E-state index in [1.165, 1.54) is 5.56 Å². The predicted molar refractivity (Wildman–Crippen MR) is 75.8 cm³/mol. The fourth-order valence-electron chi connectivity index (χ4n) is 2.08. The number of carbonyl (C=O) groups is 1. The summed E-state index contributed by atoms with van der Waals surface area (Å²) in [6.45, 7) is 6.68. The Kier molecular flexibility index (Phi) is 4.17. The van der Waals surface area contributed by atoms with Crippen molar-refractivity contribution >= 4 is 5.97 Å². The van der Waals surface area contributed by atoms with Crippen LogP contribution in [-0.4, -0.2) is 26.1 Å². The SMILES string of the molecule is Cc1ccc(Cn2nnc(C(=O)O)c2CC(C)C)cc1. The fourth-order valence-corrected chi connectivity index (χ4v) is 2.08. The maximum Gasteiger partial charge on any atom is 0.358 e. The summed E-state index contributed by atoms with van der Waals surface area (Å²) >= 11 is 0. The van der Waals surface area contributed by atoms with Gasteiger partial charge in [-0.05, 0) is 24.8 Å². The molecule has 2 aromatic rings. The molecule has 106 valence electrons. The molecular weight excluding hydrogens is 254 g/mol. The smallest absolute Gasteiger partial charge is 0.358 e. The zero-order chi connectivity index (χ0) is 14.7. The first-order chi connectivity index (χ1) is 9.47. The Labute approximate surface area is 118 Å². The van der Waals surface area contributed by atoms with Gasteiger partial charge < -0.3 is 5.11 Å². The van der Waals surface area contributed by atoms with Gasteiger partial charge in [0.05, 0.1) is 12.2 Å². The Morgan fingerprint density at radius 1 is 1.30 bits per heavy atom. The Hall–Kier alpha value is -2.17. The number of benzene rings is 1. The van der Waals surface area contributed by atoms with Gasteiger partial charge in [0.2, 0.25) is 0 Å². The highest BCUT2D eigenvalue weighted by atomic mass is 16.4. The topological polar surface area (TPSA) is 68.0 Å². The number of nitrogens with zero attached hydrogens (tertiary/aromatic N) is 3. The van der Waals surface area contributed by atoms with Crippen molar-refractivity contribution in [1.82, 2.24) is 15.0 Å². The van der Waals surface area contributed by atoms with Gasteiger partial charge in [-0.25, -0.2) is 9.48 Å². The third-order valence-corrected chi connectivity index (χ3v) is 3.09. The molecule has 0 amide bonds. The van der Waals surface area contributed by atoms with Crippen LogP contribution in [0.4, 0.5) is 0 Å². The van der Waals surface area contributed by atoms with Crippen LogP contribution in [-0.2, 0) is 13.0 Å². The zero-order valence-electron chi connectivity index (χ0n) is 12.0. The van der Waals surface area contributed by atoms with Gasteiger partial charge in [-0.2, -0.15) is 0 Å². The second kappa shape index (κ2) is 5.86. The van der Waals surface area contributed by atoms with Gasteiger partial charge in [0.25, 0.3) is 0 Å². The van der Waals surface area contributed by atoms with Crippen LogP contribution < -0.4 is 0 Å². The normalized spacial score (nSPS) is 11.0. The van der Waals surface area contributed by atoms with E-state index in [4.69, 9.17) is 0 Å². The molecule has 5 heteroatoms. The number of rotatable bonds is 5. The Morgan fingerprint density at radius 3 is 2.50 bits per heavy atom. The second-order valence-corrected chi connectivity index (χ2v) is 5.43. The van der Waals surface area contributed by atoms with E-state index in [1.54, 1.807) is 4.68 Å². The molecule has 0 aliphatic carbocycles. The molecule has 0 atom stereocenters. The first-order valence-corrected chi connectivity index (χ1v) is 6.68. The number of carboxylic acids is 1. The second-order valence-electron chi connectivity index (χ2n) is 5.43. The van der Waals surface area contributed by atoms with Crippen molar-refractivity contribution in [2.45, 2.75) is 33.7 Å². The summed E-state index contributed by atoms with van der Waals surface area (Å²) in [6, 6.07) is 8.12. The maximum absolute atomic E-state index is 11.2. The lowest BCUT2D eigenvalue weighted by atomic mass is 10.1. The van der Waals surface area contributed by atoms with Gasteiger partial charge in [-0.3, -0.25) is 0 Å². The molecule has 0 bridgehead atoms. The van der Waals surface area contributed by atoms with E-state index in [1.807, 2.05) is 31.2 Å². The maximum atomic E-state index is 11.2. The molecule has 2 rings (SSSR count). The first kappa shape index (κ1) is 14.2. The Balaban J connectivity index is 2.31. The number of aromatic carboxylic acids is 1. The molecule has 1 aromatic carbocycles. The molecule has 0 radical (unpaired) electrons. The van der Waals surface area contributed by atoms with Crippen molar-refractivity contribution in [3.05, 3.63) is 46.8 Å². The average molecular weight is 273 g/mol. The molecular formula is C15H19N3O2. The minimum absolute atomic E-state index is 0.0609. The number of carboxylic acid groups (broad SMARTS) is 1. The molecule has 0 saturated carbocycles. The van der Waals surface area contributed by atoms with Crippen LogP contribution in [0.1, 0.15) is 41.2 Å². The van der Waals surface area contributed by atoms with Crippen LogP contribution in [0, 0.1) is 12.8 Å². The van der Waals surface area contributed by atoms with E-state index in [9.17, 15) is 9.90 Å². The number of aromatic nitrogens is 3. The third-order valence-electron chi connectivity index (χ3n) is 3.09. The minimum atomic E-state index is -1.02. The van der Waals surface area contributed by atoms with Gasteiger partial charge in [-0.15, -0.1) is 5.10 Å². The van der Waals surface area contributed by atoms with Crippen LogP contribution in [0.25, 0.3) is 0 Å². The van der Waals surface area contributed by atoms with E-state index in [0.29, 0.717) is 24.6 Å². The molecule has 1 heterocycles. The van der Waals surface area contributed by atoms with Crippen LogP contribution in [0.3, 0.4) is 0 Å². The summed E-state index contributed by atoms with van der Waals surface area (Å²) in [5, 5.41) is 17.0. The summed E-state index contributed by atoms with van der Waals surface area (Å²) in [5.74, 6) is -0.667. The number of hydrogen-bond donors (Lipinski definition) is 1.